The molecule has 0 spiro atoms. The number of benzene rings is 2. The van der Waals surface area contributed by atoms with Crippen molar-refractivity contribution in [2.75, 3.05) is 0 Å². The maximum atomic E-state index is 14.8. The van der Waals surface area contributed by atoms with Crippen LogP contribution in [0.1, 0.15) is 95.6 Å². The molecule has 0 radical (unpaired) electrons. The summed E-state index contributed by atoms with van der Waals surface area (Å²) in [6.45, 7) is 6.63. The van der Waals surface area contributed by atoms with Crippen molar-refractivity contribution in [3.05, 3.63) is 59.2 Å². The van der Waals surface area contributed by atoms with Crippen LogP contribution in [0.4, 0.5) is 8.78 Å². The van der Waals surface area contributed by atoms with Gasteiger partial charge in [-0.25, -0.2) is 8.78 Å². The predicted octanol–water partition coefficient (Wildman–Crippen LogP) is 9.36. The minimum Gasteiger partial charge on any atom is -0.203 e. The van der Waals surface area contributed by atoms with E-state index in [1.807, 2.05) is 25.1 Å². The molecule has 0 nitrogen and oxygen atoms in total. The van der Waals surface area contributed by atoms with Crippen molar-refractivity contribution in [1.29, 1.82) is 0 Å². The summed E-state index contributed by atoms with van der Waals surface area (Å²) < 4.78 is 29.3. The third kappa shape index (κ3) is 4.95. The minimum absolute atomic E-state index is 0.452. The largest absolute Gasteiger partial charge is 0.203 e. The van der Waals surface area contributed by atoms with Crippen molar-refractivity contribution in [1.82, 2.24) is 0 Å². The van der Waals surface area contributed by atoms with Gasteiger partial charge in [0.15, 0.2) is 11.6 Å². The van der Waals surface area contributed by atoms with Gasteiger partial charge in [-0.3, -0.25) is 0 Å². The van der Waals surface area contributed by atoms with Crippen LogP contribution in [0.2, 0.25) is 0 Å². The number of hydrogen-bond acceptors (Lipinski definition) is 0. The topological polar surface area (TPSA) is 0 Å². The van der Waals surface area contributed by atoms with E-state index in [2.05, 4.69) is 32.1 Å². The molecule has 2 heteroatoms. The van der Waals surface area contributed by atoms with Crippen molar-refractivity contribution in [3.8, 4) is 0 Å². The molecule has 0 aliphatic heterocycles. The highest BCUT2D eigenvalue weighted by Crippen LogP contribution is 2.45. The van der Waals surface area contributed by atoms with Gasteiger partial charge in [-0.2, -0.15) is 0 Å². The second kappa shape index (κ2) is 10.5. The van der Waals surface area contributed by atoms with Gasteiger partial charge in [0.1, 0.15) is 0 Å². The molecule has 0 amide bonds. The number of halogens is 2. The lowest BCUT2D eigenvalue weighted by Crippen LogP contribution is -2.27. The van der Waals surface area contributed by atoms with E-state index < -0.39 is 11.6 Å². The Morgan fingerprint density at radius 3 is 2.19 bits per heavy atom. The van der Waals surface area contributed by atoms with Gasteiger partial charge in [-0.05, 0) is 123 Å². The summed E-state index contributed by atoms with van der Waals surface area (Å²) in [5, 5.41) is 1.28. The fourth-order valence-electron chi connectivity index (χ4n) is 6.60. The molecule has 2 aliphatic rings. The molecule has 0 bridgehead atoms. The Kier molecular flexibility index (Phi) is 7.69. The second-order valence-corrected chi connectivity index (χ2v) is 10.6. The maximum Gasteiger partial charge on any atom is 0.166 e. The summed E-state index contributed by atoms with van der Waals surface area (Å²) >= 11 is 0. The Morgan fingerprint density at radius 1 is 0.906 bits per heavy atom. The number of allylic oxidation sites excluding steroid dienone is 2. The van der Waals surface area contributed by atoms with Gasteiger partial charge in [-0.15, -0.1) is 0 Å². The predicted molar refractivity (Wildman–Crippen MR) is 132 cm³/mol. The lowest BCUT2D eigenvalue weighted by atomic mass is 9.67. The average molecular weight is 439 g/mol. The molecule has 32 heavy (non-hydrogen) atoms. The van der Waals surface area contributed by atoms with Crippen LogP contribution in [-0.4, -0.2) is 0 Å². The molecule has 2 aromatic carbocycles. The Bertz CT molecular complexity index is 927. The van der Waals surface area contributed by atoms with Gasteiger partial charge in [-0.1, -0.05) is 44.6 Å². The molecule has 1 unspecified atom stereocenters. The van der Waals surface area contributed by atoms with Gasteiger partial charge < -0.3 is 0 Å². The molecule has 0 heterocycles. The quantitative estimate of drug-likeness (QED) is 0.394. The molecular formula is C30H40F2. The van der Waals surface area contributed by atoms with E-state index >= 15 is 0 Å². The summed E-state index contributed by atoms with van der Waals surface area (Å²) in [5.74, 6) is 2.47. The molecule has 2 fully saturated rings. The van der Waals surface area contributed by atoms with Gasteiger partial charge in [0.25, 0.3) is 0 Å². The molecule has 0 N–H and O–H groups in total. The number of rotatable bonds is 6. The molecule has 0 aromatic heterocycles. The lowest BCUT2D eigenvalue weighted by Gasteiger charge is -2.39. The Labute approximate surface area is 193 Å². The smallest absolute Gasteiger partial charge is 0.166 e. The van der Waals surface area contributed by atoms with Crippen LogP contribution in [0, 0.1) is 35.3 Å². The molecular weight excluding hydrogens is 398 g/mol. The fraction of sp³-hybridized carbons (Fsp3) is 0.600. The normalized spacial score (nSPS) is 27.8. The van der Waals surface area contributed by atoms with Gasteiger partial charge in [0.2, 0.25) is 0 Å². The molecule has 2 aliphatic carbocycles. The summed E-state index contributed by atoms with van der Waals surface area (Å²) in [5.41, 5.74) is 1.69. The first-order valence-corrected chi connectivity index (χ1v) is 13.0. The van der Waals surface area contributed by atoms with Crippen LogP contribution in [0.5, 0.6) is 0 Å². The van der Waals surface area contributed by atoms with Crippen LogP contribution < -0.4 is 0 Å². The van der Waals surface area contributed by atoms with Crippen molar-refractivity contribution in [2.24, 2.45) is 23.7 Å². The zero-order valence-electron chi connectivity index (χ0n) is 20.2. The summed E-state index contributed by atoms with van der Waals surface area (Å²) in [4.78, 5) is 0. The third-order valence-electron chi connectivity index (χ3n) is 8.65. The zero-order valence-corrected chi connectivity index (χ0v) is 20.2. The molecule has 174 valence electrons. The highest BCUT2D eigenvalue weighted by molar-refractivity contribution is 5.85. The van der Waals surface area contributed by atoms with Crippen molar-refractivity contribution in [2.45, 2.75) is 90.9 Å². The number of aryl methyl sites for hydroxylation is 1. The third-order valence-corrected chi connectivity index (χ3v) is 8.65. The van der Waals surface area contributed by atoms with Crippen molar-refractivity contribution < 1.29 is 8.78 Å². The standard InChI is InChI=1S/C30H40F2/c1-4-6-21-8-10-22(11-9-21)20(3)23-12-14-24(15-13-23)25-16-17-26-18-27(7-5-2)29(31)30(32)28(26)19-25/h4,6,16-24H,5,7-15H2,1-3H3/b6-4+. The minimum atomic E-state index is -0.663. The summed E-state index contributed by atoms with van der Waals surface area (Å²) in [6.07, 6.45) is 16.4. The summed E-state index contributed by atoms with van der Waals surface area (Å²) in [7, 11) is 0. The first-order valence-electron chi connectivity index (χ1n) is 13.0. The molecule has 2 saturated carbocycles. The molecule has 1 atom stereocenters. The van der Waals surface area contributed by atoms with E-state index in [1.165, 1.54) is 56.9 Å². The second-order valence-electron chi connectivity index (χ2n) is 10.6. The van der Waals surface area contributed by atoms with Crippen molar-refractivity contribution >= 4 is 10.8 Å². The SMILES string of the molecule is C/C=C/C1CCC(C(C)C2CCC(c3ccc4cc(CCC)c(F)c(F)c4c3)CC2)CC1. The average Bonchev–Trinajstić information content (AvgIpc) is 2.83. The first kappa shape index (κ1) is 23.5. The molecule has 4 rings (SSSR count). The van der Waals surface area contributed by atoms with E-state index in [-0.39, 0.29) is 0 Å². The Balaban J connectivity index is 1.39. The van der Waals surface area contributed by atoms with Crippen LogP contribution in [0.15, 0.2) is 36.4 Å². The molecule has 0 saturated heterocycles. The monoisotopic (exact) mass is 438 g/mol. The van der Waals surface area contributed by atoms with Crippen molar-refractivity contribution in [3.63, 3.8) is 0 Å². The van der Waals surface area contributed by atoms with Gasteiger partial charge >= 0.3 is 0 Å². The van der Waals surface area contributed by atoms with Crippen LogP contribution >= 0.6 is 0 Å². The highest BCUT2D eigenvalue weighted by atomic mass is 19.2. The van der Waals surface area contributed by atoms with E-state index in [0.717, 1.165) is 35.5 Å². The van der Waals surface area contributed by atoms with E-state index in [4.69, 9.17) is 0 Å². The summed E-state index contributed by atoms with van der Waals surface area (Å²) in [6, 6.07) is 7.93. The van der Waals surface area contributed by atoms with Crippen LogP contribution in [0.3, 0.4) is 0 Å². The van der Waals surface area contributed by atoms with Crippen LogP contribution in [-0.2, 0) is 6.42 Å². The number of hydrogen-bond donors (Lipinski definition) is 0. The van der Waals surface area contributed by atoms with E-state index in [0.29, 0.717) is 23.3 Å². The Hall–Kier alpha value is -1.70. The highest BCUT2D eigenvalue weighted by Gasteiger charge is 2.32. The van der Waals surface area contributed by atoms with E-state index in [1.54, 1.807) is 0 Å². The first-order chi connectivity index (χ1) is 15.5. The van der Waals surface area contributed by atoms with Gasteiger partial charge in [0.05, 0.1) is 0 Å². The molecule has 2 aromatic rings. The van der Waals surface area contributed by atoms with E-state index in [9.17, 15) is 8.78 Å². The maximum absolute atomic E-state index is 14.8. The van der Waals surface area contributed by atoms with Gasteiger partial charge in [0, 0.05) is 5.39 Å². The Morgan fingerprint density at radius 2 is 1.56 bits per heavy atom. The lowest BCUT2D eigenvalue weighted by molar-refractivity contribution is 0.142. The van der Waals surface area contributed by atoms with Crippen LogP contribution in [0.25, 0.3) is 10.8 Å². The fourth-order valence-corrected chi connectivity index (χ4v) is 6.60. The number of fused-ring (bicyclic) bond motifs is 1. The zero-order chi connectivity index (χ0) is 22.7.